The Labute approximate surface area is 140 Å². The second kappa shape index (κ2) is 5.46. The Kier molecular flexibility index (Phi) is 3.25. The van der Waals surface area contributed by atoms with E-state index in [9.17, 15) is 9.18 Å². The number of halogens is 1. The molecule has 25 heavy (non-hydrogen) atoms. The molecule has 4 aromatic rings. The molecule has 4 rings (SSSR count). The third kappa shape index (κ3) is 2.23. The summed E-state index contributed by atoms with van der Waals surface area (Å²) in [6.07, 6.45) is 0. The molecule has 0 saturated heterocycles. The van der Waals surface area contributed by atoms with Crippen LogP contribution in [0, 0.1) is 17.1 Å². The molecule has 122 valence electrons. The number of nitriles is 1. The molecule has 0 unspecified atom stereocenters. The van der Waals surface area contributed by atoms with Crippen molar-refractivity contribution in [3.8, 4) is 23.2 Å². The number of aromatic amines is 1. The molecule has 6 nitrogen and oxygen atoms in total. The van der Waals surface area contributed by atoms with Crippen molar-refractivity contribution in [2.75, 3.05) is 7.11 Å². The highest BCUT2D eigenvalue weighted by atomic mass is 19.1. The van der Waals surface area contributed by atoms with Gasteiger partial charge in [-0.1, -0.05) is 6.07 Å². The monoisotopic (exact) mass is 335 g/mol. The lowest BCUT2D eigenvalue weighted by Crippen LogP contribution is -2.08. The zero-order chi connectivity index (χ0) is 17.6. The van der Waals surface area contributed by atoms with Gasteiger partial charge in [0.15, 0.2) is 0 Å². The van der Waals surface area contributed by atoms with Crippen molar-refractivity contribution in [1.82, 2.24) is 9.97 Å². The van der Waals surface area contributed by atoms with E-state index in [-0.39, 0.29) is 17.0 Å². The van der Waals surface area contributed by atoms with E-state index in [4.69, 9.17) is 14.4 Å². The molecule has 0 atom stereocenters. The Balaban J connectivity index is 2.06. The van der Waals surface area contributed by atoms with Crippen LogP contribution in [0.2, 0.25) is 0 Å². The molecule has 0 saturated carbocycles. The average Bonchev–Trinajstić information content (AvgIpc) is 3.01. The molecular formula is C18H10FN3O3. The maximum Gasteiger partial charge on any atom is 0.294 e. The predicted molar refractivity (Wildman–Crippen MR) is 88.8 cm³/mol. The molecule has 0 spiro atoms. The van der Waals surface area contributed by atoms with E-state index in [2.05, 4.69) is 9.97 Å². The standard InChI is InChI=1S/C18H10FN3O3/c1-24-12-3-2-4-13-14(12)15-16(25-13)18(23)22-17(21-15)9-5-6-11(19)10(7-9)8-20/h2-7H,1H3,(H,21,22,23). The summed E-state index contributed by atoms with van der Waals surface area (Å²) in [5.74, 6) is 0.102. The minimum atomic E-state index is -0.634. The number of hydrogen-bond donors (Lipinski definition) is 1. The lowest BCUT2D eigenvalue weighted by molar-refractivity contribution is 0.420. The van der Waals surface area contributed by atoms with Crippen molar-refractivity contribution < 1.29 is 13.5 Å². The van der Waals surface area contributed by atoms with Gasteiger partial charge in [-0.25, -0.2) is 9.37 Å². The summed E-state index contributed by atoms with van der Waals surface area (Å²) in [6.45, 7) is 0. The third-order valence-corrected chi connectivity index (χ3v) is 3.89. The minimum absolute atomic E-state index is 0.0749. The van der Waals surface area contributed by atoms with E-state index in [1.165, 1.54) is 19.2 Å². The van der Waals surface area contributed by atoms with Crippen LogP contribution in [0.25, 0.3) is 33.5 Å². The van der Waals surface area contributed by atoms with Crippen molar-refractivity contribution in [3.63, 3.8) is 0 Å². The molecule has 2 aromatic heterocycles. The minimum Gasteiger partial charge on any atom is -0.496 e. The Hall–Kier alpha value is -3.66. The van der Waals surface area contributed by atoms with E-state index in [1.807, 2.05) is 0 Å². The van der Waals surface area contributed by atoms with Crippen LogP contribution in [0.15, 0.2) is 45.6 Å². The van der Waals surface area contributed by atoms with E-state index in [0.717, 1.165) is 6.07 Å². The number of nitrogens with zero attached hydrogens (tertiary/aromatic N) is 2. The van der Waals surface area contributed by atoms with Gasteiger partial charge in [-0.05, 0) is 30.3 Å². The number of benzene rings is 2. The number of methoxy groups -OCH3 is 1. The third-order valence-electron chi connectivity index (χ3n) is 3.89. The maximum atomic E-state index is 13.5. The molecular weight excluding hydrogens is 325 g/mol. The molecule has 0 aliphatic rings. The summed E-state index contributed by atoms with van der Waals surface area (Å²) in [5.41, 5.74) is 0.707. The zero-order valence-electron chi connectivity index (χ0n) is 13.0. The number of rotatable bonds is 2. The summed E-state index contributed by atoms with van der Waals surface area (Å²) < 4.78 is 24.4. The Morgan fingerprint density at radius 2 is 2.16 bits per heavy atom. The van der Waals surface area contributed by atoms with E-state index < -0.39 is 11.4 Å². The van der Waals surface area contributed by atoms with E-state index >= 15 is 0 Å². The summed E-state index contributed by atoms with van der Waals surface area (Å²) in [5, 5.41) is 9.56. The van der Waals surface area contributed by atoms with Gasteiger partial charge in [0.25, 0.3) is 5.56 Å². The average molecular weight is 335 g/mol. The SMILES string of the molecule is COc1cccc2oc3c(=O)[nH]c(-c4ccc(F)c(C#N)c4)nc3c12. The van der Waals surface area contributed by atoms with Gasteiger partial charge in [0, 0.05) is 5.56 Å². The second-order valence-electron chi connectivity index (χ2n) is 5.33. The first-order valence-electron chi connectivity index (χ1n) is 7.32. The van der Waals surface area contributed by atoms with Crippen molar-refractivity contribution in [1.29, 1.82) is 5.26 Å². The van der Waals surface area contributed by atoms with Crippen LogP contribution in [0.3, 0.4) is 0 Å². The van der Waals surface area contributed by atoms with Gasteiger partial charge in [0.05, 0.1) is 18.1 Å². The van der Waals surface area contributed by atoms with Gasteiger partial charge in [-0.3, -0.25) is 4.79 Å². The van der Waals surface area contributed by atoms with Crippen molar-refractivity contribution in [2.24, 2.45) is 0 Å². The zero-order valence-corrected chi connectivity index (χ0v) is 13.0. The first kappa shape index (κ1) is 14.9. The summed E-state index contributed by atoms with van der Waals surface area (Å²) in [6, 6.07) is 10.9. The fourth-order valence-electron chi connectivity index (χ4n) is 2.73. The van der Waals surface area contributed by atoms with Crippen LogP contribution in [-0.4, -0.2) is 17.1 Å². The van der Waals surface area contributed by atoms with Crippen molar-refractivity contribution in [3.05, 3.63) is 58.1 Å². The Bertz CT molecular complexity index is 1230. The highest BCUT2D eigenvalue weighted by Gasteiger charge is 2.17. The molecule has 0 amide bonds. The Morgan fingerprint density at radius 3 is 2.92 bits per heavy atom. The highest BCUT2D eigenvalue weighted by molar-refractivity contribution is 6.06. The fraction of sp³-hybridized carbons (Fsp3) is 0.0556. The number of furan rings is 1. The van der Waals surface area contributed by atoms with Crippen molar-refractivity contribution in [2.45, 2.75) is 0 Å². The molecule has 1 N–H and O–H groups in total. The quantitative estimate of drug-likeness (QED) is 0.606. The molecule has 2 aromatic carbocycles. The molecule has 0 radical (unpaired) electrons. The summed E-state index contributed by atoms with van der Waals surface area (Å²) >= 11 is 0. The van der Waals surface area contributed by atoms with Gasteiger partial charge in [0.1, 0.15) is 34.6 Å². The van der Waals surface area contributed by atoms with Crippen LogP contribution in [0.1, 0.15) is 5.56 Å². The number of ether oxygens (including phenoxy) is 1. The molecule has 0 bridgehead atoms. The lowest BCUT2D eigenvalue weighted by atomic mass is 10.1. The second-order valence-corrected chi connectivity index (χ2v) is 5.33. The first-order valence-corrected chi connectivity index (χ1v) is 7.32. The first-order chi connectivity index (χ1) is 12.1. The predicted octanol–water partition coefficient (Wildman–Crippen LogP) is 3.36. The van der Waals surface area contributed by atoms with Crippen molar-refractivity contribution >= 4 is 22.1 Å². The van der Waals surface area contributed by atoms with Gasteiger partial charge >= 0.3 is 0 Å². The number of nitrogens with one attached hydrogen (secondary N) is 1. The number of fused-ring (bicyclic) bond motifs is 3. The smallest absolute Gasteiger partial charge is 0.294 e. The topological polar surface area (TPSA) is 91.9 Å². The van der Waals surface area contributed by atoms with Gasteiger partial charge in [0.2, 0.25) is 5.58 Å². The molecule has 7 heteroatoms. The summed E-state index contributed by atoms with van der Waals surface area (Å²) in [7, 11) is 1.51. The largest absolute Gasteiger partial charge is 0.496 e. The number of hydrogen-bond acceptors (Lipinski definition) is 5. The Morgan fingerprint density at radius 1 is 1.32 bits per heavy atom. The van der Waals surface area contributed by atoms with Gasteiger partial charge in [-0.2, -0.15) is 5.26 Å². The molecule has 0 fully saturated rings. The summed E-state index contributed by atoms with van der Waals surface area (Å²) in [4.78, 5) is 19.4. The molecule has 2 heterocycles. The number of H-pyrrole nitrogens is 1. The maximum absolute atomic E-state index is 13.5. The van der Waals surface area contributed by atoms with E-state index in [1.54, 1.807) is 24.3 Å². The highest BCUT2D eigenvalue weighted by Crippen LogP contribution is 2.33. The lowest BCUT2D eigenvalue weighted by Gasteiger charge is -2.03. The van der Waals surface area contributed by atoms with Crippen LogP contribution in [0.5, 0.6) is 5.75 Å². The molecule has 0 aliphatic carbocycles. The van der Waals surface area contributed by atoms with Crippen LogP contribution in [-0.2, 0) is 0 Å². The van der Waals surface area contributed by atoms with Gasteiger partial charge in [-0.15, -0.1) is 0 Å². The van der Waals surface area contributed by atoms with Crippen LogP contribution < -0.4 is 10.3 Å². The molecule has 0 aliphatic heterocycles. The fourth-order valence-corrected chi connectivity index (χ4v) is 2.73. The number of aromatic nitrogens is 2. The van der Waals surface area contributed by atoms with E-state index in [0.29, 0.717) is 27.8 Å². The van der Waals surface area contributed by atoms with Crippen LogP contribution in [0.4, 0.5) is 4.39 Å². The van der Waals surface area contributed by atoms with Gasteiger partial charge < -0.3 is 14.1 Å². The normalized spacial score (nSPS) is 10.9. The van der Waals surface area contributed by atoms with Crippen LogP contribution >= 0.6 is 0 Å².